The van der Waals surface area contributed by atoms with E-state index in [-0.39, 0.29) is 12.3 Å². The number of pyridine rings is 1. The second-order valence-corrected chi connectivity index (χ2v) is 7.63. The highest BCUT2D eigenvalue weighted by Crippen LogP contribution is 2.42. The number of aromatic nitrogens is 4. The topological polar surface area (TPSA) is 80.7 Å². The Balaban J connectivity index is 1.33. The molecule has 0 radical (unpaired) electrons. The Morgan fingerprint density at radius 3 is 2.96 bits per heavy atom. The molecule has 1 saturated carbocycles. The van der Waals surface area contributed by atoms with Crippen molar-refractivity contribution < 1.29 is 4.79 Å². The van der Waals surface area contributed by atoms with Crippen LogP contribution in [0.4, 0.5) is 5.13 Å². The first kappa shape index (κ1) is 15.3. The van der Waals surface area contributed by atoms with Crippen molar-refractivity contribution in [3.8, 4) is 0 Å². The molecule has 1 aliphatic carbocycles. The molecule has 3 aromatic heterocycles. The molecule has 122 valence electrons. The molecule has 1 fully saturated rings. The number of nitrogens with one attached hydrogen (secondary N) is 1. The lowest BCUT2D eigenvalue weighted by atomic mass is 10.3. The molecular weight excluding hydrogens is 342 g/mol. The number of amides is 1. The van der Waals surface area contributed by atoms with Crippen molar-refractivity contribution in [2.45, 2.75) is 31.6 Å². The quantitative estimate of drug-likeness (QED) is 0.733. The lowest BCUT2D eigenvalue weighted by molar-refractivity contribution is -0.115. The van der Waals surface area contributed by atoms with Gasteiger partial charge >= 0.3 is 0 Å². The molecular formula is C16H15N5OS2. The third-order valence-electron chi connectivity index (χ3n) is 3.61. The van der Waals surface area contributed by atoms with E-state index in [1.807, 2.05) is 23.6 Å². The van der Waals surface area contributed by atoms with E-state index >= 15 is 0 Å². The van der Waals surface area contributed by atoms with E-state index < -0.39 is 0 Å². The predicted molar refractivity (Wildman–Crippen MR) is 93.4 cm³/mol. The van der Waals surface area contributed by atoms with E-state index in [2.05, 4.69) is 25.5 Å². The van der Waals surface area contributed by atoms with Gasteiger partial charge in [0.25, 0.3) is 0 Å². The highest BCUT2D eigenvalue weighted by atomic mass is 32.1. The average molecular weight is 357 g/mol. The molecule has 0 atom stereocenters. The predicted octanol–water partition coefficient (Wildman–Crippen LogP) is 3.04. The van der Waals surface area contributed by atoms with E-state index in [0.29, 0.717) is 17.5 Å². The second kappa shape index (κ2) is 6.74. The minimum absolute atomic E-state index is 0.108. The van der Waals surface area contributed by atoms with Crippen LogP contribution >= 0.6 is 22.7 Å². The summed E-state index contributed by atoms with van der Waals surface area (Å²) in [4.78, 5) is 20.9. The monoisotopic (exact) mass is 357 g/mol. The number of anilines is 1. The fourth-order valence-corrected chi connectivity index (χ4v) is 4.02. The first-order valence-electron chi connectivity index (χ1n) is 7.73. The molecule has 6 nitrogen and oxygen atoms in total. The highest BCUT2D eigenvalue weighted by molar-refractivity contribution is 7.15. The molecule has 3 aromatic rings. The molecule has 0 aliphatic heterocycles. The maximum absolute atomic E-state index is 12.1. The molecule has 0 saturated heterocycles. The van der Waals surface area contributed by atoms with Gasteiger partial charge in [-0.15, -0.1) is 21.5 Å². The molecule has 24 heavy (non-hydrogen) atoms. The van der Waals surface area contributed by atoms with Crippen molar-refractivity contribution >= 4 is 33.7 Å². The first-order valence-corrected chi connectivity index (χ1v) is 9.42. The smallest absolute Gasteiger partial charge is 0.232 e. The lowest BCUT2D eigenvalue weighted by Gasteiger charge is -1.98. The van der Waals surface area contributed by atoms with E-state index in [1.165, 1.54) is 24.2 Å². The molecule has 0 unspecified atom stereocenters. The molecule has 0 spiro atoms. The Kier molecular flexibility index (Phi) is 4.31. The van der Waals surface area contributed by atoms with Crippen LogP contribution in [0.25, 0.3) is 0 Å². The van der Waals surface area contributed by atoms with Crippen molar-refractivity contribution in [3.63, 3.8) is 0 Å². The van der Waals surface area contributed by atoms with Gasteiger partial charge in [0, 0.05) is 29.6 Å². The number of carbonyl (C=O) groups excluding carboxylic acids is 1. The number of thiazole rings is 1. The first-order chi connectivity index (χ1) is 11.8. The zero-order chi connectivity index (χ0) is 16.4. The molecule has 8 heteroatoms. The van der Waals surface area contributed by atoms with Gasteiger partial charge in [0.2, 0.25) is 11.0 Å². The van der Waals surface area contributed by atoms with Crippen molar-refractivity contribution in [1.82, 2.24) is 20.2 Å². The summed E-state index contributed by atoms with van der Waals surface area (Å²) in [5.41, 5.74) is 1.75. The number of rotatable bonds is 6. The summed E-state index contributed by atoms with van der Waals surface area (Å²) < 4.78 is 0. The summed E-state index contributed by atoms with van der Waals surface area (Å²) in [5.74, 6) is 0.448. The summed E-state index contributed by atoms with van der Waals surface area (Å²) in [5, 5.41) is 15.4. The lowest BCUT2D eigenvalue weighted by Crippen LogP contribution is -2.14. The van der Waals surface area contributed by atoms with Crippen LogP contribution in [-0.2, 0) is 17.6 Å². The van der Waals surface area contributed by atoms with Gasteiger partial charge in [0.1, 0.15) is 5.01 Å². The Hall–Kier alpha value is -2.19. The van der Waals surface area contributed by atoms with Gasteiger partial charge in [-0.1, -0.05) is 17.4 Å². The minimum Gasteiger partial charge on any atom is -0.300 e. The Labute approximate surface area is 147 Å². The van der Waals surface area contributed by atoms with Crippen LogP contribution in [-0.4, -0.2) is 26.1 Å². The van der Waals surface area contributed by atoms with Crippen molar-refractivity contribution in [1.29, 1.82) is 0 Å². The fourth-order valence-electron chi connectivity index (χ4n) is 2.28. The molecule has 1 amide bonds. The van der Waals surface area contributed by atoms with Crippen LogP contribution in [0.1, 0.15) is 40.2 Å². The van der Waals surface area contributed by atoms with Crippen LogP contribution in [0, 0.1) is 0 Å². The Morgan fingerprint density at radius 1 is 1.25 bits per heavy atom. The van der Waals surface area contributed by atoms with E-state index in [4.69, 9.17) is 0 Å². The second-order valence-electron chi connectivity index (χ2n) is 5.68. The Bertz CT molecular complexity index is 841. The summed E-state index contributed by atoms with van der Waals surface area (Å²) in [7, 11) is 0. The van der Waals surface area contributed by atoms with E-state index in [1.54, 1.807) is 17.5 Å². The maximum atomic E-state index is 12.1. The molecule has 0 bridgehead atoms. The number of carbonyl (C=O) groups is 1. The molecule has 0 aromatic carbocycles. The number of hydrogen-bond acceptors (Lipinski definition) is 7. The van der Waals surface area contributed by atoms with Gasteiger partial charge in [-0.3, -0.25) is 9.78 Å². The molecule has 1 N–H and O–H groups in total. The zero-order valence-corrected chi connectivity index (χ0v) is 14.4. The summed E-state index contributed by atoms with van der Waals surface area (Å²) in [6.07, 6.45) is 5.07. The van der Waals surface area contributed by atoms with Gasteiger partial charge in [-0.2, -0.15) is 0 Å². The van der Waals surface area contributed by atoms with Crippen molar-refractivity contribution in [3.05, 3.63) is 51.2 Å². The highest BCUT2D eigenvalue weighted by Gasteiger charge is 2.27. The van der Waals surface area contributed by atoms with Crippen LogP contribution in [0.2, 0.25) is 0 Å². The van der Waals surface area contributed by atoms with E-state index in [0.717, 1.165) is 21.4 Å². The van der Waals surface area contributed by atoms with Gasteiger partial charge < -0.3 is 5.32 Å². The van der Waals surface area contributed by atoms with E-state index in [9.17, 15) is 4.79 Å². The summed E-state index contributed by atoms with van der Waals surface area (Å²) in [6.45, 7) is 0. The number of nitrogens with zero attached hydrogens (tertiary/aromatic N) is 4. The molecule has 1 aliphatic rings. The summed E-state index contributed by atoms with van der Waals surface area (Å²) >= 11 is 3.02. The van der Waals surface area contributed by atoms with Crippen LogP contribution in [0.3, 0.4) is 0 Å². The fraction of sp³-hybridized carbons (Fsp3) is 0.312. The molecule has 4 rings (SSSR count). The summed E-state index contributed by atoms with van der Waals surface area (Å²) in [6, 6.07) is 5.83. The van der Waals surface area contributed by atoms with Crippen LogP contribution in [0.5, 0.6) is 0 Å². The SMILES string of the molecule is O=C(Cc1csc(Cc2ccccn2)n1)Nc1nnc(C2CC2)s1. The van der Waals surface area contributed by atoms with Gasteiger partial charge in [-0.05, 0) is 25.0 Å². The normalized spacial score (nSPS) is 13.8. The number of hydrogen-bond donors (Lipinski definition) is 1. The van der Waals surface area contributed by atoms with Gasteiger partial charge in [0.05, 0.1) is 17.1 Å². The zero-order valence-electron chi connectivity index (χ0n) is 12.8. The van der Waals surface area contributed by atoms with Crippen LogP contribution < -0.4 is 5.32 Å². The maximum Gasteiger partial charge on any atom is 0.232 e. The third-order valence-corrected chi connectivity index (χ3v) is 5.51. The van der Waals surface area contributed by atoms with Crippen molar-refractivity contribution in [2.24, 2.45) is 0 Å². The standard InChI is InChI=1S/C16H15N5OS2/c22-13(19-16-21-20-15(24-16)10-4-5-10)7-12-9-23-14(18-12)8-11-3-1-2-6-17-11/h1-3,6,9-10H,4-5,7-8H2,(H,19,21,22). The van der Waals surface area contributed by atoms with Gasteiger partial charge in [-0.25, -0.2) is 4.98 Å². The largest absolute Gasteiger partial charge is 0.300 e. The Morgan fingerprint density at radius 2 is 2.17 bits per heavy atom. The van der Waals surface area contributed by atoms with Crippen LogP contribution in [0.15, 0.2) is 29.8 Å². The molecule has 3 heterocycles. The third kappa shape index (κ3) is 3.82. The van der Waals surface area contributed by atoms with Gasteiger partial charge in [0.15, 0.2) is 0 Å². The minimum atomic E-state index is -0.108. The average Bonchev–Trinajstić information content (AvgIpc) is 3.18. The van der Waals surface area contributed by atoms with Crippen molar-refractivity contribution in [2.75, 3.05) is 5.32 Å².